The Kier molecular flexibility index (Phi) is 7.40. The molecule has 0 saturated carbocycles. The minimum absolute atomic E-state index is 0.0131. The number of nitrogens with one attached hydrogen (secondary N) is 1. The van der Waals surface area contributed by atoms with Gasteiger partial charge < -0.3 is 9.30 Å². The van der Waals surface area contributed by atoms with E-state index >= 15 is 0 Å². The molecule has 0 unspecified atom stereocenters. The van der Waals surface area contributed by atoms with E-state index in [1.54, 1.807) is 24.4 Å². The zero-order chi connectivity index (χ0) is 21.3. The topological polar surface area (TPSA) is 72.7 Å². The van der Waals surface area contributed by atoms with E-state index < -0.39 is 11.5 Å². The SMILES string of the molecule is CCCOc1ccccc1/C=N\NC(=O)c1cccn(Cc2ccc(Cl)cc2)c1=O. The fourth-order valence-electron chi connectivity index (χ4n) is 2.77. The first-order valence-corrected chi connectivity index (χ1v) is 9.95. The molecule has 0 atom stereocenters. The summed E-state index contributed by atoms with van der Waals surface area (Å²) in [6, 6.07) is 17.7. The van der Waals surface area contributed by atoms with Gasteiger partial charge in [0, 0.05) is 16.8 Å². The summed E-state index contributed by atoms with van der Waals surface area (Å²) in [5.41, 5.74) is 3.67. The van der Waals surface area contributed by atoms with Crippen molar-refractivity contribution in [3.05, 3.63) is 98.9 Å². The van der Waals surface area contributed by atoms with E-state index in [2.05, 4.69) is 10.5 Å². The number of halogens is 1. The zero-order valence-corrected chi connectivity index (χ0v) is 17.3. The van der Waals surface area contributed by atoms with Crippen molar-refractivity contribution in [2.24, 2.45) is 5.10 Å². The smallest absolute Gasteiger partial charge is 0.276 e. The predicted molar refractivity (Wildman–Crippen MR) is 119 cm³/mol. The van der Waals surface area contributed by atoms with Crippen LogP contribution in [0.1, 0.15) is 34.8 Å². The Labute approximate surface area is 179 Å². The molecule has 1 N–H and O–H groups in total. The van der Waals surface area contributed by atoms with Gasteiger partial charge in [-0.15, -0.1) is 0 Å². The van der Waals surface area contributed by atoms with Crippen molar-refractivity contribution in [2.45, 2.75) is 19.9 Å². The third-order valence-corrected chi connectivity index (χ3v) is 4.53. The normalized spacial score (nSPS) is 10.9. The molecule has 154 valence electrons. The lowest BCUT2D eigenvalue weighted by molar-refractivity contribution is 0.0953. The molecule has 0 bridgehead atoms. The summed E-state index contributed by atoms with van der Waals surface area (Å²) in [5.74, 6) is 0.107. The Morgan fingerprint density at radius 3 is 2.67 bits per heavy atom. The van der Waals surface area contributed by atoms with Crippen LogP contribution in [0, 0.1) is 0 Å². The van der Waals surface area contributed by atoms with Gasteiger partial charge in [0.2, 0.25) is 0 Å². The third-order valence-electron chi connectivity index (χ3n) is 4.28. The maximum absolute atomic E-state index is 12.7. The molecule has 0 saturated heterocycles. The van der Waals surface area contributed by atoms with Gasteiger partial charge >= 0.3 is 0 Å². The van der Waals surface area contributed by atoms with Crippen molar-refractivity contribution in [2.75, 3.05) is 6.61 Å². The number of amides is 1. The zero-order valence-electron chi connectivity index (χ0n) is 16.5. The molecule has 3 aromatic rings. The number of aromatic nitrogens is 1. The second-order valence-corrected chi connectivity index (χ2v) is 7.00. The fourth-order valence-corrected chi connectivity index (χ4v) is 2.90. The number of rotatable bonds is 8. The van der Waals surface area contributed by atoms with Crippen LogP contribution in [0.5, 0.6) is 5.75 Å². The molecular weight excluding hydrogens is 402 g/mol. The number of hydrogen-bond donors (Lipinski definition) is 1. The third kappa shape index (κ3) is 5.58. The van der Waals surface area contributed by atoms with Crippen LogP contribution in [0.3, 0.4) is 0 Å². The second-order valence-electron chi connectivity index (χ2n) is 6.57. The number of hydrogen-bond acceptors (Lipinski definition) is 4. The van der Waals surface area contributed by atoms with E-state index in [-0.39, 0.29) is 5.56 Å². The first-order chi connectivity index (χ1) is 14.6. The molecule has 30 heavy (non-hydrogen) atoms. The van der Waals surface area contributed by atoms with Gasteiger partial charge in [-0.3, -0.25) is 9.59 Å². The molecule has 7 heteroatoms. The number of pyridine rings is 1. The first kappa shape index (κ1) is 21.3. The van der Waals surface area contributed by atoms with Crippen molar-refractivity contribution in [1.82, 2.24) is 9.99 Å². The van der Waals surface area contributed by atoms with E-state index in [0.29, 0.717) is 23.9 Å². The van der Waals surface area contributed by atoms with Crippen LogP contribution in [0.15, 0.2) is 76.8 Å². The Balaban J connectivity index is 1.71. The largest absolute Gasteiger partial charge is 0.493 e. The van der Waals surface area contributed by atoms with E-state index in [1.165, 1.54) is 16.8 Å². The Morgan fingerprint density at radius 2 is 1.90 bits per heavy atom. The summed E-state index contributed by atoms with van der Waals surface area (Å²) >= 11 is 5.90. The number of benzene rings is 2. The Hall–Kier alpha value is -3.38. The van der Waals surface area contributed by atoms with E-state index in [9.17, 15) is 9.59 Å². The standard InChI is InChI=1S/C23H22ClN3O3/c1-2-14-30-21-8-4-3-6-18(21)15-25-26-22(28)20-7-5-13-27(23(20)29)16-17-9-11-19(24)12-10-17/h3-13,15H,2,14,16H2,1H3,(H,26,28)/b25-15-. The van der Waals surface area contributed by atoms with Crippen molar-refractivity contribution in [3.8, 4) is 5.75 Å². The van der Waals surface area contributed by atoms with Gasteiger partial charge in [-0.05, 0) is 48.4 Å². The number of carbonyl (C=O) groups excluding carboxylic acids is 1. The highest BCUT2D eigenvalue weighted by Crippen LogP contribution is 2.16. The molecule has 6 nitrogen and oxygen atoms in total. The van der Waals surface area contributed by atoms with Crippen molar-refractivity contribution < 1.29 is 9.53 Å². The highest BCUT2D eigenvalue weighted by atomic mass is 35.5. The second kappa shape index (κ2) is 10.4. The van der Waals surface area contributed by atoms with Crippen molar-refractivity contribution >= 4 is 23.7 Å². The van der Waals surface area contributed by atoms with Crippen LogP contribution in [0.4, 0.5) is 0 Å². The molecule has 1 aromatic heterocycles. The summed E-state index contributed by atoms with van der Waals surface area (Å²) in [5, 5.41) is 4.61. The van der Waals surface area contributed by atoms with E-state index in [0.717, 1.165) is 17.5 Å². The molecule has 1 heterocycles. The van der Waals surface area contributed by atoms with Gasteiger partial charge in [0.1, 0.15) is 11.3 Å². The summed E-state index contributed by atoms with van der Waals surface area (Å²) < 4.78 is 7.13. The van der Waals surface area contributed by atoms with Gasteiger partial charge in [-0.25, -0.2) is 5.43 Å². The van der Waals surface area contributed by atoms with Gasteiger partial charge in [0.05, 0.1) is 19.4 Å². The van der Waals surface area contributed by atoms with Crippen molar-refractivity contribution in [1.29, 1.82) is 0 Å². The highest BCUT2D eigenvalue weighted by molar-refractivity contribution is 6.30. The van der Waals surface area contributed by atoms with Crippen molar-refractivity contribution in [3.63, 3.8) is 0 Å². The molecular formula is C23H22ClN3O3. The monoisotopic (exact) mass is 423 g/mol. The highest BCUT2D eigenvalue weighted by Gasteiger charge is 2.12. The lowest BCUT2D eigenvalue weighted by Crippen LogP contribution is -2.30. The minimum atomic E-state index is -0.575. The van der Waals surface area contributed by atoms with Crippen LogP contribution in [0.2, 0.25) is 5.02 Å². The summed E-state index contributed by atoms with van der Waals surface area (Å²) in [6.45, 7) is 2.95. The lowest BCUT2D eigenvalue weighted by atomic mass is 10.2. The maximum atomic E-state index is 12.7. The van der Waals surface area contributed by atoms with Crippen LogP contribution in [-0.2, 0) is 6.54 Å². The van der Waals surface area contributed by atoms with E-state index in [4.69, 9.17) is 16.3 Å². The number of nitrogens with zero attached hydrogens (tertiary/aromatic N) is 2. The average Bonchev–Trinajstić information content (AvgIpc) is 2.76. The van der Waals surface area contributed by atoms with Crippen LogP contribution in [0.25, 0.3) is 0 Å². The molecule has 0 aliphatic carbocycles. The molecule has 0 aliphatic heterocycles. The van der Waals surface area contributed by atoms with Crippen LogP contribution < -0.4 is 15.7 Å². The molecule has 0 spiro atoms. The average molecular weight is 424 g/mol. The molecule has 0 radical (unpaired) electrons. The van der Waals surface area contributed by atoms with Gasteiger partial charge in [-0.2, -0.15) is 5.10 Å². The van der Waals surface area contributed by atoms with Crippen LogP contribution in [-0.4, -0.2) is 23.3 Å². The minimum Gasteiger partial charge on any atom is -0.493 e. The molecule has 3 rings (SSSR count). The number of para-hydroxylation sites is 1. The Morgan fingerprint density at radius 1 is 1.13 bits per heavy atom. The number of ether oxygens (including phenoxy) is 1. The Bertz CT molecular complexity index is 1090. The molecule has 1 amide bonds. The number of carbonyl (C=O) groups is 1. The molecule has 0 aliphatic rings. The molecule has 2 aromatic carbocycles. The lowest BCUT2D eigenvalue weighted by Gasteiger charge is -2.08. The van der Waals surface area contributed by atoms with E-state index in [1.807, 2.05) is 43.3 Å². The number of hydrazone groups is 1. The summed E-state index contributed by atoms with van der Waals surface area (Å²) in [7, 11) is 0. The quantitative estimate of drug-likeness (QED) is 0.438. The maximum Gasteiger partial charge on any atom is 0.276 e. The predicted octanol–water partition coefficient (Wildman–Crippen LogP) is 4.10. The summed E-state index contributed by atoms with van der Waals surface area (Å²) in [4.78, 5) is 25.2. The van der Waals surface area contributed by atoms with Gasteiger partial charge in [0.15, 0.2) is 0 Å². The van der Waals surface area contributed by atoms with Gasteiger partial charge in [0.25, 0.3) is 11.5 Å². The first-order valence-electron chi connectivity index (χ1n) is 9.57. The fraction of sp³-hybridized carbons (Fsp3) is 0.174. The molecule has 0 fully saturated rings. The van der Waals surface area contributed by atoms with Crippen LogP contribution >= 0.6 is 11.6 Å². The summed E-state index contributed by atoms with van der Waals surface area (Å²) in [6.07, 6.45) is 4.02. The van der Waals surface area contributed by atoms with Gasteiger partial charge in [-0.1, -0.05) is 42.8 Å².